The molecule has 3 aromatic rings. The Labute approximate surface area is 243 Å². The summed E-state index contributed by atoms with van der Waals surface area (Å²) in [5.74, 6) is -0.361. The van der Waals surface area contributed by atoms with Gasteiger partial charge in [-0.1, -0.05) is 34.0 Å². The van der Waals surface area contributed by atoms with Crippen LogP contribution >= 0.6 is 27.5 Å². The van der Waals surface area contributed by atoms with E-state index in [9.17, 15) is 18.8 Å². The monoisotopic (exact) mass is 629 g/mol. The van der Waals surface area contributed by atoms with Gasteiger partial charge in [0.25, 0.3) is 0 Å². The second-order valence-electron chi connectivity index (χ2n) is 9.54. The molecule has 2 aliphatic heterocycles. The third-order valence-corrected chi connectivity index (χ3v) is 7.96. The molecule has 2 aromatic carbocycles. The second-order valence-corrected chi connectivity index (χ2v) is 10.8. The summed E-state index contributed by atoms with van der Waals surface area (Å²) in [6.45, 7) is 0.364. The first-order valence-electron chi connectivity index (χ1n) is 12.7. The fourth-order valence-corrected chi connectivity index (χ4v) is 5.75. The topological polar surface area (TPSA) is 116 Å². The molecule has 40 heavy (non-hydrogen) atoms. The lowest BCUT2D eigenvalue weighted by Gasteiger charge is -2.33. The lowest BCUT2D eigenvalue weighted by atomic mass is 9.96. The Hall–Kier alpha value is -3.70. The Morgan fingerprint density at radius 1 is 1.23 bits per heavy atom. The van der Waals surface area contributed by atoms with E-state index in [2.05, 4.69) is 41.3 Å². The number of rotatable bonds is 3. The average Bonchev–Trinajstić information content (AvgIpc) is 3.41. The number of amides is 3. The maximum Gasteiger partial charge on any atom is 0.411 e. The van der Waals surface area contributed by atoms with Crippen LogP contribution in [0.5, 0.6) is 0 Å². The Morgan fingerprint density at radius 3 is 2.83 bits per heavy atom. The highest BCUT2D eigenvalue weighted by Crippen LogP contribution is 2.38. The Kier molecular flexibility index (Phi) is 8.22. The number of nitrogens with one attached hydrogen (secondary N) is 3. The van der Waals surface area contributed by atoms with Crippen LogP contribution in [-0.2, 0) is 14.3 Å². The molecule has 9 nitrogen and oxygen atoms in total. The fourth-order valence-electron chi connectivity index (χ4n) is 5.03. The average molecular weight is 631 g/mol. The van der Waals surface area contributed by atoms with Gasteiger partial charge in [-0.3, -0.25) is 14.9 Å². The quantitative estimate of drug-likeness (QED) is 0.279. The summed E-state index contributed by atoms with van der Waals surface area (Å²) >= 11 is 9.39. The first-order chi connectivity index (χ1) is 19.2. The number of hydrogen-bond acceptors (Lipinski definition) is 5. The van der Waals surface area contributed by atoms with Gasteiger partial charge in [0.05, 0.1) is 35.8 Å². The van der Waals surface area contributed by atoms with Crippen molar-refractivity contribution in [3.8, 4) is 11.3 Å². The van der Waals surface area contributed by atoms with Crippen LogP contribution in [0.2, 0.25) is 5.02 Å². The number of aromatic nitrogens is 2. The lowest BCUT2D eigenvalue weighted by molar-refractivity contribution is -0.129. The van der Waals surface area contributed by atoms with E-state index in [4.69, 9.17) is 11.6 Å². The van der Waals surface area contributed by atoms with Gasteiger partial charge in [-0.15, -0.1) is 0 Å². The highest BCUT2D eigenvalue weighted by Gasteiger charge is 2.31. The molecule has 3 N–H and O–H groups in total. The second kappa shape index (κ2) is 11.8. The number of fused-ring (bicyclic) bond motifs is 4. The lowest BCUT2D eigenvalue weighted by Crippen LogP contribution is -2.38. The molecule has 1 unspecified atom stereocenters. The number of ether oxygens (including phenoxy) is 1. The smallest absolute Gasteiger partial charge is 0.411 e. The van der Waals surface area contributed by atoms with Gasteiger partial charge in [0.1, 0.15) is 11.6 Å². The zero-order valence-corrected chi connectivity index (χ0v) is 23.9. The van der Waals surface area contributed by atoms with E-state index in [1.807, 2.05) is 0 Å². The molecule has 0 spiro atoms. The molecule has 2 aliphatic rings. The van der Waals surface area contributed by atoms with Crippen molar-refractivity contribution in [2.75, 3.05) is 24.3 Å². The minimum Gasteiger partial charge on any atom is -0.453 e. The number of nitrogens with zero attached hydrogens (tertiary/aromatic N) is 2. The molecule has 1 aromatic heterocycles. The van der Waals surface area contributed by atoms with Crippen molar-refractivity contribution in [2.45, 2.75) is 38.1 Å². The fraction of sp³-hybridized carbons (Fsp3) is 0.286. The number of aromatic amines is 1. The minimum atomic E-state index is -0.625. The Balaban J connectivity index is 1.47. The van der Waals surface area contributed by atoms with Crippen LogP contribution in [0.4, 0.5) is 20.6 Å². The molecule has 0 aliphatic carbocycles. The molecule has 0 saturated heterocycles. The van der Waals surface area contributed by atoms with Gasteiger partial charge >= 0.3 is 6.09 Å². The van der Waals surface area contributed by atoms with Crippen molar-refractivity contribution in [2.24, 2.45) is 0 Å². The predicted octanol–water partition coefficient (Wildman–Crippen LogP) is 6.68. The Bertz CT molecular complexity index is 1520. The number of H-pyrrole nitrogens is 1. The summed E-state index contributed by atoms with van der Waals surface area (Å²) < 4.78 is 20.0. The summed E-state index contributed by atoms with van der Waals surface area (Å²) in [5.41, 5.74) is 3.15. The minimum absolute atomic E-state index is 0.00562. The molecular formula is C28H26BrClFN5O4. The van der Waals surface area contributed by atoms with Crippen LogP contribution < -0.4 is 10.6 Å². The van der Waals surface area contributed by atoms with Crippen LogP contribution in [0, 0.1) is 5.82 Å². The van der Waals surface area contributed by atoms with Crippen LogP contribution in [0.1, 0.15) is 49.5 Å². The van der Waals surface area contributed by atoms with Crippen LogP contribution in [0.25, 0.3) is 16.8 Å². The van der Waals surface area contributed by atoms with E-state index in [0.29, 0.717) is 82.7 Å². The van der Waals surface area contributed by atoms with Crippen molar-refractivity contribution in [3.05, 3.63) is 69.3 Å². The number of anilines is 2. The summed E-state index contributed by atoms with van der Waals surface area (Å²) in [6, 6.07) is 7.88. The van der Waals surface area contributed by atoms with E-state index < -0.39 is 11.9 Å². The van der Waals surface area contributed by atoms with Gasteiger partial charge in [-0.05, 0) is 55.2 Å². The predicted molar refractivity (Wildman–Crippen MR) is 153 cm³/mol. The molecule has 2 bridgehead atoms. The summed E-state index contributed by atoms with van der Waals surface area (Å²) in [7, 11) is 1.27. The number of halogens is 3. The summed E-state index contributed by atoms with van der Waals surface area (Å²) in [6.07, 6.45) is 5.11. The maximum absolute atomic E-state index is 14.8. The zero-order valence-electron chi connectivity index (χ0n) is 21.5. The van der Waals surface area contributed by atoms with Crippen LogP contribution in [-0.4, -0.2) is 46.4 Å². The molecule has 1 atom stereocenters. The van der Waals surface area contributed by atoms with Crippen LogP contribution in [0.15, 0.2) is 47.1 Å². The number of hydrogen-bond donors (Lipinski definition) is 3. The number of imidazole rings is 1. The molecule has 3 amide bonds. The third kappa shape index (κ3) is 5.75. The van der Waals surface area contributed by atoms with Gasteiger partial charge in [0, 0.05) is 40.3 Å². The highest BCUT2D eigenvalue weighted by molar-refractivity contribution is 9.10. The van der Waals surface area contributed by atoms with E-state index in [0.717, 1.165) is 0 Å². The molecule has 12 heteroatoms. The highest BCUT2D eigenvalue weighted by atomic mass is 79.9. The van der Waals surface area contributed by atoms with E-state index >= 15 is 0 Å². The van der Waals surface area contributed by atoms with Gasteiger partial charge in [-0.25, -0.2) is 14.2 Å². The normalized spacial score (nSPS) is 17.6. The number of methoxy groups -OCH3 is 1. The van der Waals surface area contributed by atoms with Gasteiger partial charge < -0.3 is 19.9 Å². The van der Waals surface area contributed by atoms with Crippen LogP contribution in [0.3, 0.4) is 0 Å². The maximum atomic E-state index is 14.8. The van der Waals surface area contributed by atoms with E-state index in [1.54, 1.807) is 35.4 Å². The van der Waals surface area contributed by atoms with Crippen molar-refractivity contribution in [3.63, 3.8) is 0 Å². The van der Waals surface area contributed by atoms with Crippen molar-refractivity contribution < 1.29 is 23.5 Å². The first kappa shape index (κ1) is 27.9. The molecule has 5 rings (SSSR count). The van der Waals surface area contributed by atoms with Crippen molar-refractivity contribution in [1.29, 1.82) is 0 Å². The molecule has 0 saturated carbocycles. The summed E-state index contributed by atoms with van der Waals surface area (Å²) in [4.78, 5) is 47.5. The SMILES string of the molecule is COC(=O)Nc1ccc2c(c1)NC(=O)CCCCC(N1CCC(c3c(Br)ccc(Cl)c3F)=CC1=O)c1ncc-2[nH]1. The largest absolute Gasteiger partial charge is 0.453 e. The first-order valence-corrected chi connectivity index (χ1v) is 13.9. The van der Waals surface area contributed by atoms with Crippen molar-refractivity contribution >= 4 is 62.4 Å². The van der Waals surface area contributed by atoms with E-state index in [1.165, 1.54) is 19.3 Å². The number of carbonyl (C=O) groups is 3. The van der Waals surface area contributed by atoms with E-state index in [-0.39, 0.29) is 22.9 Å². The molecule has 208 valence electrons. The van der Waals surface area contributed by atoms with Gasteiger partial charge in [0.15, 0.2) is 0 Å². The van der Waals surface area contributed by atoms with Gasteiger partial charge in [-0.2, -0.15) is 0 Å². The standard InChI is InChI=1S/C28H26BrClFN5O4/c1-40-28(39)33-16-6-7-17-20(13-16)34-23(37)5-3-2-4-22(27-32-14-21(17)35-27)36-11-10-15(12-24(36)38)25-18(29)8-9-19(30)26(25)31/h6-9,12-14,22H,2-5,10-11H2,1H3,(H,32,35)(H,33,39)(H,34,37). The number of carbonyl (C=O) groups excluding carboxylic acids is 3. The summed E-state index contributed by atoms with van der Waals surface area (Å²) in [5, 5.41) is 5.53. The molecule has 3 heterocycles. The number of benzene rings is 2. The molecular weight excluding hydrogens is 605 g/mol. The third-order valence-electron chi connectivity index (χ3n) is 7.00. The van der Waals surface area contributed by atoms with Crippen molar-refractivity contribution in [1.82, 2.24) is 14.9 Å². The molecule has 0 radical (unpaired) electrons. The Morgan fingerprint density at radius 2 is 2.05 bits per heavy atom. The van der Waals surface area contributed by atoms with Gasteiger partial charge in [0.2, 0.25) is 11.8 Å². The molecule has 0 fully saturated rings. The zero-order chi connectivity index (χ0) is 28.4.